The summed E-state index contributed by atoms with van der Waals surface area (Å²) in [5, 5.41) is 8.56. The summed E-state index contributed by atoms with van der Waals surface area (Å²) in [6.45, 7) is 3.39. The molecule has 100 valence electrons. The number of carboxylic acid groups (broad SMARTS) is 1. The summed E-state index contributed by atoms with van der Waals surface area (Å²) in [6.07, 6.45) is 4.16. The second kappa shape index (κ2) is 5.82. The monoisotopic (exact) mass is 263 g/mol. The maximum absolute atomic E-state index is 12.0. The molecule has 0 saturated heterocycles. The van der Waals surface area contributed by atoms with Gasteiger partial charge in [0.05, 0.1) is 5.25 Å². The molecule has 0 heterocycles. The van der Waals surface area contributed by atoms with Crippen LogP contribution in [0, 0.1) is 5.92 Å². The highest BCUT2D eigenvalue weighted by atomic mass is 32.2. The molecule has 6 heteroatoms. The van der Waals surface area contributed by atoms with E-state index in [2.05, 4.69) is 4.72 Å². The summed E-state index contributed by atoms with van der Waals surface area (Å²) in [5.74, 6) is -1.37. The van der Waals surface area contributed by atoms with E-state index in [1.165, 1.54) is 0 Å². The van der Waals surface area contributed by atoms with Gasteiger partial charge in [-0.3, -0.25) is 4.79 Å². The van der Waals surface area contributed by atoms with Gasteiger partial charge in [0.1, 0.15) is 6.04 Å². The second-order valence-corrected chi connectivity index (χ2v) is 6.98. The lowest BCUT2D eigenvalue weighted by Crippen LogP contribution is -2.48. The molecule has 17 heavy (non-hydrogen) atoms. The third kappa shape index (κ3) is 3.96. The van der Waals surface area contributed by atoms with E-state index < -0.39 is 27.3 Å². The van der Waals surface area contributed by atoms with Gasteiger partial charge in [0.15, 0.2) is 0 Å². The molecule has 0 spiro atoms. The average molecular weight is 263 g/mol. The number of rotatable bonds is 5. The highest BCUT2D eigenvalue weighted by Crippen LogP contribution is 2.23. The molecule has 1 unspecified atom stereocenters. The van der Waals surface area contributed by atoms with E-state index in [9.17, 15) is 13.2 Å². The fourth-order valence-electron chi connectivity index (χ4n) is 2.12. The van der Waals surface area contributed by atoms with Crippen LogP contribution in [-0.2, 0) is 14.8 Å². The lowest BCUT2D eigenvalue weighted by Gasteiger charge is -2.25. The van der Waals surface area contributed by atoms with E-state index in [0.717, 1.165) is 19.3 Å². The first-order valence-corrected chi connectivity index (χ1v) is 7.63. The number of carbonyl (C=O) groups is 1. The van der Waals surface area contributed by atoms with Crippen molar-refractivity contribution in [3.63, 3.8) is 0 Å². The normalized spacial score (nSPS) is 20.4. The Morgan fingerprint density at radius 1 is 1.24 bits per heavy atom. The van der Waals surface area contributed by atoms with Crippen LogP contribution in [0.15, 0.2) is 0 Å². The molecule has 1 fully saturated rings. The zero-order chi connectivity index (χ0) is 13.1. The van der Waals surface area contributed by atoms with Crippen molar-refractivity contribution in [3.05, 3.63) is 0 Å². The van der Waals surface area contributed by atoms with E-state index in [1.54, 1.807) is 13.8 Å². The molecule has 1 aliphatic carbocycles. The van der Waals surface area contributed by atoms with Gasteiger partial charge >= 0.3 is 5.97 Å². The fourth-order valence-corrected chi connectivity index (χ4v) is 3.99. The smallest absolute Gasteiger partial charge is 0.321 e. The van der Waals surface area contributed by atoms with E-state index in [-0.39, 0.29) is 5.92 Å². The minimum absolute atomic E-state index is 0.258. The Kier molecular flexibility index (Phi) is 4.94. The number of carboxylic acids is 1. The molecule has 0 aromatic heterocycles. The molecule has 0 aliphatic heterocycles. The molecule has 0 amide bonds. The van der Waals surface area contributed by atoms with E-state index >= 15 is 0 Å². The van der Waals surface area contributed by atoms with Crippen LogP contribution in [0.2, 0.25) is 0 Å². The summed E-state index contributed by atoms with van der Waals surface area (Å²) in [6, 6.07) is -1.03. The summed E-state index contributed by atoms with van der Waals surface area (Å²) in [4.78, 5) is 11.0. The molecule has 0 radical (unpaired) electrons. The van der Waals surface area contributed by atoms with Gasteiger partial charge in [0.2, 0.25) is 10.0 Å². The van der Waals surface area contributed by atoms with Crippen LogP contribution in [0.5, 0.6) is 0 Å². The van der Waals surface area contributed by atoms with E-state index in [1.807, 2.05) is 0 Å². The largest absolute Gasteiger partial charge is 0.480 e. The molecule has 5 nitrogen and oxygen atoms in total. The van der Waals surface area contributed by atoms with Crippen LogP contribution in [0.3, 0.4) is 0 Å². The number of nitrogens with one attached hydrogen (secondary N) is 1. The molecule has 2 N–H and O–H groups in total. The minimum Gasteiger partial charge on any atom is -0.480 e. The van der Waals surface area contributed by atoms with Gasteiger partial charge in [0.25, 0.3) is 0 Å². The van der Waals surface area contributed by atoms with Crippen molar-refractivity contribution < 1.29 is 18.3 Å². The van der Waals surface area contributed by atoms with E-state index in [0.29, 0.717) is 12.8 Å². The first-order valence-electron chi connectivity index (χ1n) is 6.08. The summed E-state index contributed by atoms with van der Waals surface area (Å²) >= 11 is 0. The summed E-state index contributed by atoms with van der Waals surface area (Å²) in [7, 11) is -3.50. The fraction of sp³-hybridized carbons (Fsp3) is 0.909. The zero-order valence-electron chi connectivity index (χ0n) is 10.3. The van der Waals surface area contributed by atoms with Crippen LogP contribution in [0.4, 0.5) is 0 Å². The lowest BCUT2D eigenvalue weighted by atomic mass is 10.0. The predicted molar refractivity (Wildman–Crippen MR) is 65.2 cm³/mol. The van der Waals surface area contributed by atoms with Crippen molar-refractivity contribution >= 4 is 16.0 Å². The van der Waals surface area contributed by atoms with Gasteiger partial charge in [-0.2, -0.15) is 0 Å². The molecule has 1 rings (SSSR count). The van der Waals surface area contributed by atoms with Gasteiger partial charge in [0, 0.05) is 0 Å². The zero-order valence-corrected chi connectivity index (χ0v) is 11.2. The van der Waals surface area contributed by atoms with Crippen molar-refractivity contribution in [3.8, 4) is 0 Å². The molecule has 0 aromatic carbocycles. The van der Waals surface area contributed by atoms with Gasteiger partial charge in [-0.15, -0.1) is 0 Å². The van der Waals surface area contributed by atoms with Crippen LogP contribution in [0.25, 0.3) is 0 Å². The molecule has 0 bridgehead atoms. The Hall–Kier alpha value is -0.620. The molecule has 1 saturated carbocycles. The van der Waals surface area contributed by atoms with Crippen molar-refractivity contribution in [2.75, 3.05) is 0 Å². The first-order chi connectivity index (χ1) is 7.84. The van der Waals surface area contributed by atoms with Crippen molar-refractivity contribution in [1.29, 1.82) is 0 Å². The van der Waals surface area contributed by atoms with Crippen molar-refractivity contribution in [1.82, 2.24) is 4.72 Å². The number of aliphatic carboxylic acids is 1. The van der Waals surface area contributed by atoms with Gasteiger partial charge in [-0.25, -0.2) is 13.1 Å². The molecule has 1 atom stereocenters. The van der Waals surface area contributed by atoms with Gasteiger partial charge < -0.3 is 5.11 Å². The van der Waals surface area contributed by atoms with Crippen LogP contribution >= 0.6 is 0 Å². The van der Waals surface area contributed by atoms with Gasteiger partial charge in [-0.1, -0.05) is 33.1 Å². The third-order valence-corrected chi connectivity index (χ3v) is 5.15. The van der Waals surface area contributed by atoms with Crippen molar-refractivity contribution in [2.24, 2.45) is 5.92 Å². The highest BCUT2D eigenvalue weighted by Gasteiger charge is 2.33. The first kappa shape index (κ1) is 14.4. The van der Waals surface area contributed by atoms with E-state index in [4.69, 9.17) is 5.11 Å². The van der Waals surface area contributed by atoms with Crippen LogP contribution < -0.4 is 4.72 Å². The topological polar surface area (TPSA) is 83.5 Å². The maximum atomic E-state index is 12.0. The highest BCUT2D eigenvalue weighted by molar-refractivity contribution is 7.90. The predicted octanol–water partition coefficient (Wildman–Crippen LogP) is 1.35. The maximum Gasteiger partial charge on any atom is 0.321 e. The second-order valence-electron chi connectivity index (χ2n) is 4.98. The van der Waals surface area contributed by atoms with Crippen LogP contribution in [0.1, 0.15) is 46.0 Å². The standard InChI is InChI=1S/C11H21NO4S/c1-8(2)10(11(13)14)12-17(15,16)9-6-4-3-5-7-9/h8-10,12H,3-7H2,1-2H3,(H,13,14). The number of hydrogen-bond donors (Lipinski definition) is 2. The Labute approximate surface area is 103 Å². The quantitative estimate of drug-likeness (QED) is 0.784. The number of hydrogen-bond acceptors (Lipinski definition) is 3. The third-order valence-electron chi connectivity index (χ3n) is 3.21. The Morgan fingerprint density at radius 3 is 2.18 bits per heavy atom. The van der Waals surface area contributed by atoms with Gasteiger partial charge in [-0.05, 0) is 18.8 Å². The summed E-state index contributed by atoms with van der Waals surface area (Å²) < 4.78 is 26.4. The van der Waals surface area contributed by atoms with Crippen molar-refractivity contribution in [2.45, 2.75) is 57.2 Å². The SMILES string of the molecule is CC(C)C(NS(=O)(=O)C1CCCCC1)C(=O)O. The molecular formula is C11H21NO4S. The molecule has 1 aliphatic rings. The Balaban J connectivity index is 2.73. The Morgan fingerprint density at radius 2 is 1.76 bits per heavy atom. The summed E-state index contributed by atoms with van der Waals surface area (Å²) in [5.41, 5.74) is 0. The molecular weight excluding hydrogens is 242 g/mol. The molecule has 0 aromatic rings. The number of sulfonamides is 1. The van der Waals surface area contributed by atoms with Crippen LogP contribution in [-0.4, -0.2) is 30.8 Å². The average Bonchev–Trinajstić information content (AvgIpc) is 2.26. The Bertz CT molecular complexity index is 358. The lowest BCUT2D eigenvalue weighted by molar-refractivity contribution is -0.140. The minimum atomic E-state index is -3.50.